The lowest BCUT2D eigenvalue weighted by Crippen LogP contribution is -1.90. The van der Waals surface area contributed by atoms with Gasteiger partial charge in [-0.3, -0.25) is 0 Å². The van der Waals surface area contributed by atoms with Crippen LogP contribution in [-0.4, -0.2) is 10.1 Å². The van der Waals surface area contributed by atoms with Crippen molar-refractivity contribution in [2.75, 3.05) is 0 Å². The monoisotopic (exact) mass is 177 g/mol. The van der Waals surface area contributed by atoms with Gasteiger partial charge in [0.2, 0.25) is 5.89 Å². The lowest BCUT2D eigenvalue weighted by molar-refractivity contribution is 0.373. The highest BCUT2D eigenvalue weighted by atomic mass is 16.5. The predicted octanol–water partition coefficient (Wildman–Crippen LogP) is 1.48. The molecule has 0 aromatic carbocycles. The molecule has 1 aromatic rings. The Kier molecular flexibility index (Phi) is 2.26. The Morgan fingerprint density at radius 1 is 1.54 bits per heavy atom. The van der Waals surface area contributed by atoms with Crippen molar-refractivity contribution < 1.29 is 4.52 Å². The van der Waals surface area contributed by atoms with E-state index in [2.05, 4.69) is 16.2 Å². The van der Waals surface area contributed by atoms with Crippen LogP contribution in [0.25, 0.3) is 0 Å². The first-order valence-corrected chi connectivity index (χ1v) is 4.57. The van der Waals surface area contributed by atoms with E-state index in [0.717, 1.165) is 18.2 Å². The molecule has 2 rings (SSSR count). The van der Waals surface area contributed by atoms with Gasteiger partial charge < -0.3 is 4.52 Å². The third-order valence-corrected chi connectivity index (χ3v) is 2.13. The highest BCUT2D eigenvalue weighted by molar-refractivity contribution is 4.93. The standard InChI is InChI=1S/C9H11N3O/c10-5-1-2-9-11-8(12-13-9)6-7-3-4-7/h7H,1-4,6H2. The molecule has 1 heterocycles. The number of nitrogens with zero attached hydrogens (tertiary/aromatic N) is 3. The van der Waals surface area contributed by atoms with E-state index in [0.29, 0.717) is 18.7 Å². The first-order valence-electron chi connectivity index (χ1n) is 4.57. The minimum Gasteiger partial charge on any atom is -0.339 e. The van der Waals surface area contributed by atoms with Crippen LogP contribution < -0.4 is 0 Å². The molecule has 0 radical (unpaired) electrons. The Morgan fingerprint density at radius 2 is 2.38 bits per heavy atom. The molecule has 68 valence electrons. The average Bonchev–Trinajstić information content (AvgIpc) is 2.81. The summed E-state index contributed by atoms with van der Waals surface area (Å²) in [5, 5.41) is 12.2. The van der Waals surface area contributed by atoms with Crippen molar-refractivity contribution in [2.24, 2.45) is 5.92 Å². The second kappa shape index (κ2) is 3.56. The fourth-order valence-electron chi connectivity index (χ4n) is 1.22. The van der Waals surface area contributed by atoms with Crippen molar-refractivity contribution in [1.82, 2.24) is 10.1 Å². The molecule has 13 heavy (non-hydrogen) atoms. The zero-order chi connectivity index (χ0) is 9.10. The lowest BCUT2D eigenvalue weighted by Gasteiger charge is -1.85. The normalized spacial score (nSPS) is 15.6. The zero-order valence-corrected chi connectivity index (χ0v) is 7.36. The number of hydrogen-bond donors (Lipinski definition) is 0. The molecule has 1 aliphatic rings. The highest BCUT2D eigenvalue weighted by Crippen LogP contribution is 2.31. The maximum absolute atomic E-state index is 8.35. The molecule has 1 aromatic heterocycles. The Hall–Kier alpha value is -1.37. The third-order valence-electron chi connectivity index (χ3n) is 2.13. The van der Waals surface area contributed by atoms with Crippen LogP contribution >= 0.6 is 0 Å². The van der Waals surface area contributed by atoms with E-state index in [1.165, 1.54) is 12.8 Å². The van der Waals surface area contributed by atoms with Crippen LogP contribution in [0, 0.1) is 17.2 Å². The summed E-state index contributed by atoms with van der Waals surface area (Å²) in [5.74, 6) is 2.18. The lowest BCUT2D eigenvalue weighted by atomic mass is 10.3. The van der Waals surface area contributed by atoms with Gasteiger partial charge in [0.15, 0.2) is 5.82 Å². The molecule has 1 aliphatic carbocycles. The maximum atomic E-state index is 8.35. The molecule has 4 nitrogen and oxygen atoms in total. The summed E-state index contributed by atoms with van der Waals surface area (Å²) in [6.45, 7) is 0. The summed E-state index contributed by atoms with van der Waals surface area (Å²) in [4.78, 5) is 4.20. The van der Waals surface area contributed by atoms with Crippen molar-refractivity contribution in [3.8, 4) is 6.07 Å². The van der Waals surface area contributed by atoms with Gasteiger partial charge in [0.1, 0.15) is 0 Å². The van der Waals surface area contributed by atoms with Gasteiger partial charge in [0.25, 0.3) is 0 Å². The number of aromatic nitrogens is 2. The Balaban J connectivity index is 1.89. The molecular weight excluding hydrogens is 166 g/mol. The Bertz CT molecular complexity index is 322. The van der Waals surface area contributed by atoms with Crippen molar-refractivity contribution in [3.05, 3.63) is 11.7 Å². The van der Waals surface area contributed by atoms with E-state index >= 15 is 0 Å². The first-order chi connectivity index (χ1) is 6.38. The molecule has 4 heteroatoms. The van der Waals surface area contributed by atoms with E-state index in [9.17, 15) is 0 Å². The topological polar surface area (TPSA) is 62.7 Å². The van der Waals surface area contributed by atoms with Gasteiger partial charge in [-0.2, -0.15) is 10.2 Å². The van der Waals surface area contributed by atoms with Crippen LogP contribution in [0.5, 0.6) is 0 Å². The van der Waals surface area contributed by atoms with Crippen LogP contribution in [0.15, 0.2) is 4.52 Å². The molecule has 0 atom stereocenters. The van der Waals surface area contributed by atoms with Crippen LogP contribution in [-0.2, 0) is 12.8 Å². The van der Waals surface area contributed by atoms with E-state index < -0.39 is 0 Å². The quantitative estimate of drug-likeness (QED) is 0.698. The molecule has 0 spiro atoms. The van der Waals surface area contributed by atoms with Crippen molar-refractivity contribution in [2.45, 2.75) is 32.1 Å². The van der Waals surface area contributed by atoms with Gasteiger partial charge in [-0.05, 0) is 18.8 Å². The molecule has 0 N–H and O–H groups in total. The highest BCUT2D eigenvalue weighted by Gasteiger charge is 2.23. The fraction of sp³-hybridized carbons (Fsp3) is 0.667. The van der Waals surface area contributed by atoms with E-state index in [-0.39, 0.29) is 0 Å². The molecular formula is C9H11N3O. The van der Waals surface area contributed by atoms with Gasteiger partial charge in [0, 0.05) is 19.3 Å². The number of rotatable bonds is 4. The first kappa shape index (κ1) is 8.24. The average molecular weight is 177 g/mol. The zero-order valence-electron chi connectivity index (χ0n) is 7.36. The molecule has 1 fully saturated rings. The van der Waals surface area contributed by atoms with E-state index in [4.69, 9.17) is 9.78 Å². The van der Waals surface area contributed by atoms with E-state index in [1.807, 2.05) is 0 Å². The van der Waals surface area contributed by atoms with Crippen LogP contribution in [0.4, 0.5) is 0 Å². The number of hydrogen-bond acceptors (Lipinski definition) is 4. The Labute approximate surface area is 76.6 Å². The number of aryl methyl sites for hydroxylation is 1. The van der Waals surface area contributed by atoms with Crippen LogP contribution in [0.1, 0.15) is 31.0 Å². The summed E-state index contributed by atoms with van der Waals surface area (Å²) in [5.41, 5.74) is 0. The summed E-state index contributed by atoms with van der Waals surface area (Å²) in [6.07, 6.45) is 4.55. The maximum Gasteiger partial charge on any atom is 0.227 e. The van der Waals surface area contributed by atoms with Crippen molar-refractivity contribution in [1.29, 1.82) is 5.26 Å². The van der Waals surface area contributed by atoms with E-state index in [1.54, 1.807) is 0 Å². The fourth-order valence-corrected chi connectivity index (χ4v) is 1.22. The third kappa shape index (κ3) is 2.28. The summed E-state index contributed by atoms with van der Waals surface area (Å²) < 4.78 is 4.98. The summed E-state index contributed by atoms with van der Waals surface area (Å²) in [7, 11) is 0. The molecule has 0 saturated heterocycles. The second-order valence-electron chi connectivity index (χ2n) is 3.41. The van der Waals surface area contributed by atoms with Gasteiger partial charge >= 0.3 is 0 Å². The molecule has 1 saturated carbocycles. The van der Waals surface area contributed by atoms with Crippen LogP contribution in [0.3, 0.4) is 0 Å². The molecule has 0 amide bonds. The van der Waals surface area contributed by atoms with Crippen molar-refractivity contribution in [3.63, 3.8) is 0 Å². The summed E-state index contributed by atoms with van der Waals surface area (Å²) >= 11 is 0. The Morgan fingerprint density at radius 3 is 3.08 bits per heavy atom. The minimum absolute atomic E-state index is 0.449. The van der Waals surface area contributed by atoms with Gasteiger partial charge in [-0.15, -0.1) is 0 Å². The molecule has 0 bridgehead atoms. The smallest absolute Gasteiger partial charge is 0.227 e. The second-order valence-corrected chi connectivity index (χ2v) is 3.41. The molecule has 0 unspecified atom stereocenters. The van der Waals surface area contributed by atoms with Crippen LogP contribution in [0.2, 0.25) is 0 Å². The minimum atomic E-state index is 0.449. The predicted molar refractivity (Wildman–Crippen MR) is 44.7 cm³/mol. The van der Waals surface area contributed by atoms with Gasteiger partial charge in [0.05, 0.1) is 6.07 Å². The molecule has 0 aliphatic heterocycles. The number of nitriles is 1. The van der Waals surface area contributed by atoms with Crippen molar-refractivity contribution >= 4 is 0 Å². The van der Waals surface area contributed by atoms with Gasteiger partial charge in [-0.1, -0.05) is 5.16 Å². The summed E-state index contributed by atoms with van der Waals surface area (Å²) in [6, 6.07) is 2.05. The van der Waals surface area contributed by atoms with Gasteiger partial charge in [-0.25, -0.2) is 0 Å². The SMILES string of the molecule is N#CCCc1nc(CC2CC2)no1. The largest absolute Gasteiger partial charge is 0.339 e.